The van der Waals surface area contributed by atoms with E-state index in [9.17, 15) is 18.4 Å². The van der Waals surface area contributed by atoms with Crippen molar-refractivity contribution in [1.29, 1.82) is 0 Å². The molecule has 2 saturated heterocycles. The van der Waals surface area contributed by atoms with Crippen LogP contribution in [-0.2, 0) is 24.6 Å². The van der Waals surface area contributed by atoms with Crippen molar-refractivity contribution in [3.8, 4) is 5.75 Å². The molecule has 2 aliphatic rings. The first-order chi connectivity index (χ1) is 17.6. The maximum absolute atomic E-state index is 13.9. The summed E-state index contributed by atoms with van der Waals surface area (Å²) in [5.74, 6) is -0.891. The van der Waals surface area contributed by atoms with Crippen LogP contribution in [0.5, 0.6) is 5.75 Å². The lowest BCUT2D eigenvalue weighted by molar-refractivity contribution is -0.151. The summed E-state index contributed by atoms with van der Waals surface area (Å²) in [6, 6.07) is 6.08. The Kier molecular flexibility index (Phi) is 8.35. The van der Waals surface area contributed by atoms with Crippen LogP contribution in [0.2, 0.25) is 5.02 Å². The minimum atomic E-state index is -3.08. The molecule has 1 aromatic heterocycles. The largest absolute Gasteiger partial charge is 0.467 e. The Balaban J connectivity index is 1.59. The third-order valence-corrected chi connectivity index (χ3v) is 7.32. The quantitative estimate of drug-likeness (QED) is 0.505. The number of nitrogens with zero attached hydrogens (tertiary/aromatic N) is 3. The van der Waals surface area contributed by atoms with Gasteiger partial charge in [-0.25, -0.2) is 4.79 Å². The van der Waals surface area contributed by atoms with E-state index < -0.39 is 24.2 Å². The van der Waals surface area contributed by atoms with Gasteiger partial charge in [-0.3, -0.25) is 14.4 Å². The maximum Gasteiger partial charge on any atom is 0.387 e. The van der Waals surface area contributed by atoms with E-state index in [2.05, 4.69) is 20.1 Å². The smallest absolute Gasteiger partial charge is 0.387 e. The molecule has 0 aliphatic carbocycles. The van der Waals surface area contributed by atoms with E-state index in [-0.39, 0.29) is 34.3 Å². The Morgan fingerprint density at radius 3 is 2.62 bits per heavy atom. The second-order valence-corrected chi connectivity index (χ2v) is 10.0. The Hall–Kier alpha value is -2.76. The highest BCUT2D eigenvalue weighted by Gasteiger charge is 2.47. The molecule has 1 aromatic carbocycles. The van der Waals surface area contributed by atoms with Crippen molar-refractivity contribution in [2.45, 2.75) is 63.3 Å². The van der Waals surface area contributed by atoms with E-state index in [1.807, 2.05) is 19.9 Å². The van der Waals surface area contributed by atoms with Crippen LogP contribution in [-0.4, -0.2) is 72.1 Å². The van der Waals surface area contributed by atoms with Gasteiger partial charge in [-0.15, -0.1) is 0 Å². The van der Waals surface area contributed by atoms with Crippen molar-refractivity contribution >= 4 is 29.2 Å². The first kappa shape index (κ1) is 27.3. The molecule has 0 radical (unpaired) electrons. The number of benzene rings is 1. The molecule has 2 aliphatic heterocycles. The number of carbonyl (C=O) groups excluding carboxylic acids is 2. The van der Waals surface area contributed by atoms with Crippen LogP contribution < -0.4 is 10.1 Å². The summed E-state index contributed by atoms with van der Waals surface area (Å²) in [7, 11) is 1.34. The van der Waals surface area contributed by atoms with Gasteiger partial charge in [-0.2, -0.15) is 13.9 Å². The summed E-state index contributed by atoms with van der Waals surface area (Å²) in [5, 5.41) is 7.53. The maximum atomic E-state index is 13.9. The number of halogens is 3. The summed E-state index contributed by atoms with van der Waals surface area (Å²) in [6.45, 7) is 2.46. The van der Waals surface area contributed by atoms with E-state index in [4.69, 9.17) is 21.1 Å². The molecule has 2 aromatic rings. The number of esters is 1. The third kappa shape index (κ3) is 5.73. The molecule has 0 bridgehead atoms. The number of piperidine rings is 1. The van der Waals surface area contributed by atoms with Gasteiger partial charge < -0.3 is 19.5 Å². The number of carbonyl (C=O) groups is 2. The van der Waals surface area contributed by atoms with Gasteiger partial charge in [0, 0.05) is 48.5 Å². The summed E-state index contributed by atoms with van der Waals surface area (Å²) >= 11 is 5.97. The Bertz CT molecular complexity index is 1120. The molecule has 0 spiro atoms. The molecule has 2 fully saturated rings. The molecule has 4 rings (SSSR count). The molecular weight excluding hydrogens is 510 g/mol. The lowest BCUT2D eigenvalue weighted by Gasteiger charge is -2.43. The minimum Gasteiger partial charge on any atom is -0.467 e. The fourth-order valence-electron chi connectivity index (χ4n) is 5.09. The highest BCUT2D eigenvalue weighted by atomic mass is 35.5. The lowest BCUT2D eigenvalue weighted by Crippen LogP contribution is -2.56. The molecule has 3 heterocycles. The van der Waals surface area contributed by atoms with E-state index in [1.165, 1.54) is 25.3 Å². The first-order valence-corrected chi connectivity index (χ1v) is 12.6. The number of alkyl halides is 2. The van der Waals surface area contributed by atoms with Crippen molar-refractivity contribution in [2.75, 3.05) is 32.1 Å². The number of aromatic nitrogens is 2. The van der Waals surface area contributed by atoms with Crippen LogP contribution in [0.4, 0.5) is 14.5 Å². The van der Waals surface area contributed by atoms with E-state index in [1.54, 1.807) is 10.9 Å². The molecule has 12 heteroatoms. The predicted octanol–water partition coefficient (Wildman–Crippen LogP) is 4.02. The molecule has 0 saturated carbocycles. The number of hydrogen-bond acceptors (Lipinski definition) is 7. The first-order valence-electron chi connectivity index (χ1n) is 12.2. The minimum absolute atomic E-state index is 0.0228. The highest BCUT2D eigenvalue weighted by Crippen LogP contribution is 2.38. The third-order valence-electron chi connectivity index (χ3n) is 7.08. The topological polar surface area (TPSA) is 94.9 Å². The van der Waals surface area contributed by atoms with Gasteiger partial charge in [-0.05, 0) is 37.0 Å². The Morgan fingerprint density at radius 2 is 1.97 bits per heavy atom. The van der Waals surface area contributed by atoms with E-state index in [0.717, 1.165) is 5.69 Å². The summed E-state index contributed by atoms with van der Waals surface area (Å²) in [5.41, 5.74) is -0.0821. The van der Waals surface area contributed by atoms with Crippen molar-refractivity contribution in [3.05, 3.63) is 41.2 Å². The highest BCUT2D eigenvalue weighted by molar-refractivity contribution is 6.30. The number of hydrogen-bond donors (Lipinski definition) is 1. The van der Waals surface area contributed by atoms with Crippen molar-refractivity contribution in [1.82, 2.24) is 14.7 Å². The van der Waals surface area contributed by atoms with Gasteiger partial charge in [0.05, 0.1) is 19.4 Å². The summed E-state index contributed by atoms with van der Waals surface area (Å²) in [4.78, 5) is 28.0. The van der Waals surface area contributed by atoms with Crippen LogP contribution >= 0.6 is 11.6 Å². The zero-order chi connectivity index (χ0) is 26.7. The van der Waals surface area contributed by atoms with Crippen LogP contribution in [0.3, 0.4) is 0 Å². The van der Waals surface area contributed by atoms with Crippen molar-refractivity contribution in [2.24, 2.45) is 0 Å². The second-order valence-electron chi connectivity index (χ2n) is 9.60. The van der Waals surface area contributed by atoms with Crippen molar-refractivity contribution in [3.63, 3.8) is 0 Å². The zero-order valence-electron chi connectivity index (χ0n) is 21.0. The van der Waals surface area contributed by atoms with Gasteiger partial charge in [0.25, 0.3) is 5.91 Å². The average Bonchev–Trinajstić information content (AvgIpc) is 3.55. The Morgan fingerprint density at radius 1 is 1.24 bits per heavy atom. The number of likely N-dealkylation sites (tertiary alicyclic amines) is 1. The number of anilines is 1. The van der Waals surface area contributed by atoms with E-state index >= 15 is 0 Å². The molecule has 9 nitrogen and oxygen atoms in total. The van der Waals surface area contributed by atoms with Gasteiger partial charge in [-0.1, -0.05) is 25.4 Å². The van der Waals surface area contributed by atoms with Crippen LogP contribution in [0.1, 0.15) is 44.7 Å². The molecule has 2 unspecified atom stereocenters. The molecule has 202 valence electrons. The van der Waals surface area contributed by atoms with Gasteiger partial charge in [0.1, 0.15) is 5.54 Å². The molecule has 37 heavy (non-hydrogen) atoms. The average molecular weight is 541 g/mol. The predicted molar refractivity (Wildman–Crippen MR) is 132 cm³/mol. The van der Waals surface area contributed by atoms with Gasteiger partial charge >= 0.3 is 12.6 Å². The standard InChI is InChI=1S/C25H31ClF2N4O5/c1-15(2)19-6-9-29-32(19)25(23(34)30-18-5-4-16(26)12-20(18)37-24(27)28)7-10-31(11-8-25)17-13-21(36-14-17)22(33)35-3/h4-6,9,12,15,17,21,24H,7-8,10-11,13-14H2,1-3H3,(H,30,34). The van der Waals surface area contributed by atoms with Crippen molar-refractivity contribution < 1.29 is 32.6 Å². The number of rotatable bonds is 8. The molecular formula is C25H31ClF2N4O5. The van der Waals surface area contributed by atoms with Gasteiger partial charge in [0.15, 0.2) is 11.9 Å². The molecule has 1 N–H and O–H groups in total. The van der Waals surface area contributed by atoms with E-state index in [0.29, 0.717) is 39.0 Å². The number of amides is 1. The normalized spacial score (nSPS) is 21.8. The van der Waals surface area contributed by atoms with Crippen LogP contribution in [0, 0.1) is 0 Å². The summed E-state index contributed by atoms with van der Waals surface area (Å²) < 4.78 is 42.8. The van der Waals surface area contributed by atoms with Crippen LogP contribution in [0.25, 0.3) is 0 Å². The molecule has 2 atom stereocenters. The fourth-order valence-corrected chi connectivity index (χ4v) is 5.26. The SMILES string of the molecule is COC(=O)C1CC(N2CCC(C(=O)Nc3ccc(Cl)cc3OC(F)F)(n3nccc3C(C)C)CC2)CO1. The fraction of sp³-hybridized carbons (Fsp3) is 0.560. The van der Waals surface area contributed by atoms with Crippen LogP contribution in [0.15, 0.2) is 30.5 Å². The zero-order valence-corrected chi connectivity index (χ0v) is 21.7. The van der Waals surface area contributed by atoms with Gasteiger partial charge in [0.2, 0.25) is 0 Å². The molecule has 1 amide bonds. The number of ether oxygens (including phenoxy) is 3. The monoisotopic (exact) mass is 540 g/mol. The number of nitrogens with one attached hydrogen (secondary N) is 1. The number of methoxy groups -OCH3 is 1. The second kappa shape index (κ2) is 11.3. The summed E-state index contributed by atoms with van der Waals surface area (Å²) in [6.07, 6.45) is 2.41. The Labute approximate surface area is 219 Å². The lowest BCUT2D eigenvalue weighted by atomic mass is 9.84.